The molecule has 2 unspecified atom stereocenters. The zero-order valence-corrected chi connectivity index (χ0v) is 13.4. The van der Waals surface area contributed by atoms with Crippen LogP contribution >= 0.6 is 12.4 Å². The van der Waals surface area contributed by atoms with E-state index in [1.165, 1.54) is 38.5 Å². The summed E-state index contributed by atoms with van der Waals surface area (Å²) < 4.78 is 0. The number of nitrogens with two attached hydrogens (primary N) is 1. The average molecular weight is 303 g/mol. The van der Waals surface area contributed by atoms with E-state index in [4.69, 9.17) is 5.73 Å². The Kier molecular flexibility index (Phi) is 8.55. The summed E-state index contributed by atoms with van der Waals surface area (Å²) in [7, 11) is 0. The van der Waals surface area contributed by atoms with Crippen LogP contribution in [0.2, 0.25) is 0 Å². The summed E-state index contributed by atoms with van der Waals surface area (Å²) in [5, 5.41) is 3.10. The first-order valence-corrected chi connectivity index (χ1v) is 8.29. The van der Waals surface area contributed by atoms with Gasteiger partial charge in [-0.05, 0) is 31.6 Å². The first-order chi connectivity index (χ1) is 9.25. The number of hydrogen-bond donors (Lipinski definition) is 2. The Labute approximate surface area is 129 Å². The third kappa shape index (κ3) is 6.01. The van der Waals surface area contributed by atoms with Crippen LogP contribution in [0.25, 0.3) is 0 Å². The van der Waals surface area contributed by atoms with Crippen molar-refractivity contribution in [3.63, 3.8) is 0 Å². The van der Waals surface area contributed by atoms with E-state index in [9.17, 15) is 4.79 Å². The summed E-state index contributed by atoms with van der Waals surface area (Å²) in [6, 6.07) is 0.242. The molecular weight excluding hydrogens is 272 g/mol. The van der Waals surface area contributed by atoms with Gasteiger partial charge in [-0.3, -0.25) is 4.79 Å². The highest BCUT2D eigenvalue weighted by Gasteiger charge is 2.24. The minimum absolute atomic E-state index is 0. The van der Waals surface area contributed by atoms with Crippen molar-refractivity contribution in [3.05, 3.63) is 0 Å². The molecule has 2 atom stereocenters. The monoisotopic (exact) mass is 302 g/mol. The Morgan fingerprint density at radius 3 is 2.50 bits per heavy atom. The standard InChI is InChI=1S/C16H30N2O.ClH/c17-15-10-5-9-14(12-15)16(19)18-11-4-3-8-13-6-1-2-7-13;/h13-15H,1-12,17H2,(H,18,19);1H. The molecule has 3 nitrogen and oxygen atoms in total. The van der Waals surface area contributed by atoms with Gasteiger partial charge in [0.1, 0.15) is 0 Å². The first kappa shape index (κ1) is 17.8. The molecule has 0 aromatic heterocycles. The van der Waals surface area contributed by atoms with Crippen LogP contribution in [0.5, 0.6) is 0 Å². The predicted octanol–water partition coefficient (Wildman–Crippen LogP) is 3.40. The van der Waals surface area contributed by atoms with Crippen LogP contribution in [0, 0.1) is 11.8 Å². The van der Waals surface area contributed by atoms with Gasteiger partial charge in [0.2, 0.25) is 5.91 Å². The van der Waals surface area contributed by atoms with Crippen LogP contribution in [0.3, 0.4) is 0 Å². The number of halogens is 1. The zero-order chi connectivity index (χ0) is 13.5. The fourth-order valence-electron chi connectivity index (χ4n) is 3.68. The lowest BCUT2D eigenvalue weighted by Crippen LogP contribution is -2.38. The van der Waals surface area contributed by atoms with E-state index in [-0.39, 0.29) is 30.3 Å². The Hall–Kier alpha value is -0.280. The van der Waals surface area contributed by atoms with E-state index in [0.717, 1.165) is 44.6 Å². The maximum atomic E-state index is 12.0. The van der Waals surface area contributed by atoms with Crippen LogP contribution < -0.4 is 11.1 Å². The van der Waals surface area contributed by atoms with Crippen LogP contribution in [0.1, 0.15) is 70.6 Å². The Morgan fingerprint density at radius 2 is 1.80 bits per heavy atom. The number of carbonyl (C=O) groups excluding carboxylic acids is 1. The maximum absolute atomic E-state index is 12.0. The molecule has 2 rings (SSSR count). The Morgan fingerprint density at radius 1 is 1.05 bits per heavy atom. The van der Waals surface area contributed by atoms with Gasteiger partial charge in [-0.2, -0.15) is 0 Å². The Balaban J connectivity index is 0.00000200. The summed E-state index contributed by atoms with van der Waals surface area (Å²) in [6.07, 6.45) is 13.6. The number of nitrogens with one attached hydrogen (secondary N) is 1. The second-order valence-electron chi connectivity index (χ2n) is 6.56. The van der Waals surface area contributed by atoms with Crippen LogP contribution in [-0.4, -0.2) is 18.5 Å². The highest BCUT2D eigenvalue weighted by atomic mass is 35.5. The fraction of sp³-hybridized carbons (Fsp3) is 0.938. The van der Waals surface area contributed by atoms with Gasteiger partial charge in [0.25, 0.3) is 0 Å². The SMILES string of the molecule is Cl.NC1CCCC(C(=O)NCCCCC2CCCC2)C1. The van der Waals surface area contributed by atoms with Crippen LogP contribution in [0.15, 0.2) is 0 Å². The summed E-state index contributed by atoms with van der Waals surface area (Å²) >= 11 is 0. The second kappa shape index (κ2) is 9.62. The minimum Gasteiger partial charge on any atom is -0.356 e. The highest BCUT2D eigenvalue weighted by Crippen LogP contribution is 2.28. The van der Waals surface area contributed by atoms with E-state index < -0.39 is 0 Å². The third-order valence-corrected chi connectivity index (χ3v) is 4.90. The molecule has 0 aliphatic heterocycles. The van der Waals surface area contributed by atoms with E-state index in [1.54, 1.807) is 0 Å². The van der Waals surface area contributed by atoms with Gasteiger partial charge in [-0.1, -0.05) is 44.9 Å². The third-order valence-electron chi connectivity index (χ3n) is 4.90. The van der Waals surface area contributed by atoms with Crippen LogP contribution in [-0.2, 0) is 4.79 Å². The largest absolute Gasteiger partial charge is 0.356 e. The molecule has 20 heavy (non-hydrogen) atoms. The summed E-state index contributed by atoms with van der Waals surface area (Å²) in [4.78, 5) is 12.0. The molecule has 2 aliphatic rings. The van der Waals surface area contributed by atoms with E-state index in [0.29, 0.717) is 0 Å². The van der Waals surface area contributed by atoms with Gasteiger partial charge in [0, 0.05) is 18.5 Å². The maximum Gasteiger partial charge on any atom is 0.223 e. The lowest BCUT2D eigenvalue weighted by molar-refractivity contribution is -0.126. The molecule has 1 amide bonds. The molecule has 4 heteroatoms. The van der Waals surface area contributed by atoms with Crippen molar-refractivity contribution < 1.29 is 4.79 Å². The van der Waals surface area contributed by atoms with E-state index >= 15 is 0 Å². The number of rotatable bonds is 6. The second-order valence-corrected chi connectivity index (χ2v) is 6.56. The number of amides is 1. The fourth-order valence-corrected chi connectivity index (χ4v) is 3.68. The molecule has 2 aliphatic carbocycles. The quantitative estimate of drug-likeness (QED) is 0.739. The van der Waals surface area contributed by atoms with Gasteiger partial charge < -0.3 is 11.1 Å². The molecule has 0 radical (unpaired) electrons. The smallest absolute Gasteiger partial charge is 0.223 e. The predicted molar refractivity (Wildman–Crippen MR) is 86.0 cm³/mol. The topological polar surface area (TPSA) is 55.1 Å². The van der Waals surface area contributed by atoms with Gasteiger partial charge in [-0.15, -0.1) is 12.4 Å². The van der Waals surface area contributed by atoms with E-state index in [1.807, 2.05) is 0 Å². The number of unbranched alkanes of at least 4 members (excludes halogenated alkanes) is 1. The molecule has 0 aromatic rings. The molecule has 2 fully saturated rings. The average Bonchev–Trinajstić information content (AvgIpc) is 2.91. The molecule has 118 valence electrons. The van der Waals surface area contributed by atoms with Gasteiger partial charge in [0.15, 0.2) is 0 Å². The molecule has 0 bridgehead atoms. The molecule has 0 saturated heterocycles. The highest BCUT2D eigenvalue weighted by molar-refractivity contribution is 5.85. The van der Waals surface area contributed by atoms with Gasteiger partial charge >= 0.3 is 0 Å². The first-order valence-electron chi connectivity index (χ1n) is 8.29. The molecule has 0 spiro atoms. The minimum atomic E-state index is 0. The van der Waals surface area contributed by atoms with Crippen molar-refractivity contribution in [1.29, 1.82) is 0 Å². The lowest BCUT2D eigenvalue weighted by Gasteiger charge is -2.25. The molecular formula is C16H31ClN2O. The number of hydrogen-bond acceptors (Lipinski definition) is 2. The normalized spacial score (nSPS) is 27.1. The summed E-state index contributed by atoms with van der Waals surface area (Å²) in [5.74, 6) is 1.40. The van der Waals surface area contributed by atoms with Crippen molar-refractivity contribution in [3.8, 4) is 0 Å². The van der Waals surface area contributed by atoms with Crippen molar-refractivity contribution in [2.75, 3.05) is 6.54 Å². The molecule has 0 heterocycles. The molecule has 3 N–H and O–H groups in total. The van der Waals surface area contributed by atoms with Crippen molar-refractivity contribution >= 4 is 18.3 Å². The lowest BCUT2D eigenvalue weighted by atomic mass is 9.85. The van der Waals surface area contributed by atoms with Crippen molar-refractivity contribution in [2.24, 2.45) is 17.6 Å². The number of carbonyl (C=O) groups is 1. The van der Waals surface area contributed by atoms with Crippen molar-refractivity contribution in [1.82, 2.24) is 5.32 Å². The van der Waals surface area contributed by atoms with Gasteiger partial charge in [-0.25, -0.2) is 0 Å². The molecule has 0 aromatic carbocycles. The van der Waals surface area contributed by atoms with Crippen LogP contribution in [0.4, 0.5) is 0 Å². The molecule has 2 saturated carbocycles. The van der Waals surface area contributed by atoms with Gasteiger partial charge in [0.05, 0.1) is 0 Å². The zero-order valence-electron chi connectivity index (χ0n) is 12.6. The van der Waals surface area contributed by atoms with E-state index in [2.05, 4.69) is 5.32 Å². The summed E-state index contributed by atoms with van der Waals surface area (Å²) in [5.41, 5.74) is 5.93. The van der Waals surface area contributed by atoms with Crippen molar-refractivity contribution in [2.45, 2.75) is 76.7 Å². The summed E-state index contributed by atoms with van der Waals surface area (Å²) in [6.45, 7) is 0.858. The Bertz CT molecular complexity index is 280.